The Morgan fingerprint density at radius 1 is 1.30 bits per heavy atom. The lowest BCUT2D eigenvalue weighted by Gasteiger charge is -2.33. The maximum absolute atomic E-state index is 11.9. The molecule has 1 heterocycles. The number of rotatable bonds is 4. The topological polar surface area (TPSA) is 61.4 Å². The van der Waals surface area contributed by atoms with E-state index in [1.165, 1.54) is 0 Å². The van der Waals surface area contributed by atoms with Crippen LogP contribution in [0.25, 0.3) is 0 Å². The fourth-order valence-electron chi connectivity index (χ4n) is 2.32. The number of piperazine rings is 1. The van der Waals surface area contributed by atoms with Crippen LogP contribution in [0.3, 0.4) is 0 Å². The highest BCUT2D eigenvalue weighted by atomic mass is 16.2. The monoisotopic (exact) mass is 275 g/mol. The Bertz CT molecular complexity index is 461. The molecule has 0 saturated carbocycles. The van der Waals surface area contributed by atoms with Crippen molar-refractivity contribution in [3.05, 3.63) is 35.9 Å². The first kappa shape index (κ1) is 14.7. The molecule has 2 rings (SSSR count). The maximum Gasteiger partial charge on any atom is 0.240 e. The van der Waals surface area contributed by atoms with E-state index >= 15 is 0 Å². The first-order valence-corrected chi connectivity index (χ1v) is 6.96. The molecule has 1 saturated heterocycles. The number of carbonyl (C=O) groups is 2. The zero-order valence-electron chi connectivity index (χ0n) is 11.8. The smallest absolute Gasteiger partial charge is 0.240 e. The van der Waals surface area contributed by atoms with Gasteiger partial charge in [0.15, 0.2) is 0 Å². The van der Waals surface area contributed by atoms with Gasteiger partial charge in [-0.2, -0.15) is 0 Å². The number of benzene rings is 1. The second-order valence-corrected chi connectivity index (χ2v) is 5.16. The van der Waals surface area contributed by atoms with Crippen molar-refractivity contribution < 1.29 is 9.59 Å². The molecule has 0 unspecified atom stereocenters. The summed E-state index contributed by atoms with van der Waals surface area (Å²) < 4.78 is 0. The molecule has 1 fully saturated rings. The minimum absolute atomic E-state index is 0.223. The molecule has 1 aliphatic rings. The number of hydrogen-bond donors (Lipinski definition) is 2. The Kier molecular flexibility index (Phi) is 5.26. The third-order valence-electron chi connectivity index (χ3n) is 3.47. The highest BCUT2D eigenvalue weighted by Crippen LogP contribution is 2.02. The van der Waals surface area contributed by atoms with E-state index in [4.69, 9.17) is 0 Å². The highest BCUT2D eigenvalue weighted by molar-refractivity contribution is 5.96. The van der Waals surface area contributed by atoms with Crippen LogP contribution in [0.2, 0.25) is 0 Å². The number of hydrogen-bond acceptors (Lipinski definition) is 4. The Morgan fingerprint density at radius 3 is 2.75 bits per heavy atom. The summed E-state index contributed by atoms with van der Waals surface area (Å²) in [7, 11) is 0. The van der Waals surface area contributed by atoms with Gasteiger partial charge in [-0.25, -0.2) is 0 Å². The fraction of sp³-hybridized carbons (Fsp3) is 0.467. The van der Waals surface area contributed by atoms with E-state index in [1.807, 2.05) is 30.3 Å². The molecule has 1 aromatic carbocycles. The Balaban J connectivity index is 1.77. The van der Waals surface area contributed by atoms with Gasteiger partial charge in [-0.05, 0) is 12.5 Å². The molecule has 1 aliphatic heterocycles. The van der Waals surface area contributed by atoms with E-state index in [0.717, 1.165) is 25.2 Å². The van der Waals surface area contributed by atoms with Gasteiger partial charge in [-0.1, -0.05) is 30.3 Å². The quantitative estimate of drug-likeness (QED) is 0.822. The summed E-state index contributed by atoms with van der Waals surface area (Å²) in [5.74, 6) is -0.469. The van der Waals surface area contributed by atoms with E-state index in [1.54, 1.807) is 0 Å². The molecule has 2 amide bonds. The third-order valence-corrected chi connectivity index (χ3v) is 3.47. The lowest BCUT2D eigenvalue weighted by atomic mass is 10.1. The average molecular weight is 275 g/mol. The van der Waals surface area contributed by atoms with Gasteiger partial charge in [-0.3, -0.25) is 19.8 Å². The van der Waals surface area contributed by atoms with Gasteiger partial charge in [0, 0.05) is 25.7 Å². The lowest BCUT2D eigenvalue weighted by Crippen LogP contribution is -2.53. The molecule has 20 heavy (non-hydrogen) atoms. The van der Waals surface area contributed by atoms with Crippen molar-refractivity contribution in [2.45, 2.75) is 19.4 Å². The lowest BCUT2D eigenvalue weighted by molar-refractivity contribution is -0.131. The molecule has 0 bridgehead atoms. The molecule has 1 atom stereocenters. The van der Waals surface area contributed by atoms with Crippen LogP contribution < -0.4 is 10.6 Å². The summed E-state index contributed by atoms with van der Waals surface area (Å²) in [6.07, 6.45) is 0.240. The summed E-state index contributed by atoms with van der Waals surface area (Å²) in [6, 6.07) is 9.74. The molecular formula is C15H21N3O2. The molecular weight excluding hydrogens is 254 g/mol. The van der Waals surface area contributed by atoms with Crippen LogP contribution in [-0.4, -0.2) is 48.9 Å². The van der Waals surface area contributed by atoms with Crippen LogP contribution in [-0.2, 0) is 16.0 Å². The van der Waals surface area contributed by atoms with Crippen LogP contribution in [0.4, 0.5) is 0 Å². The van der Waals surface area contributed by atoms with Crippen molar-refractivity contribution in [2.75, 3.05) is 26.2 Å². The molecule has 108 valence electrons. The van der Waals surface area contributed by atoms with Crippen molar-refractivity contribution >= 4 is 11.8 Å². The van der Waals surface area contributed by atoms with Crippen LogP contribution in [0.15, 0.2) is 30.3 Å². The van der Waals surface area contributed by atoms with Gasteiger partial charge in [-0.15, -0.1) is 0 Å². The third kappa shape index (κ3) is 4.43. The predicted octanol–water partition coefficient (Wildman–Crippen LogP) is 0.166. The standard InChI is InChI=1S/C15H21N3O2/c1-12-10-16-7-8-18(12)11-15(20)17-14(19)9-13-5-3-2-4-6-13/h2-6,12,16H,7-11H2,1H3,(H,17,19,20)/t12-/m1/s1. The molecule has 0 aliphatic carbocycles. The summed E-state index contributed by atoms with van der Waals surface area (Å²) in [5.41, 5.74) is 0.911. The van der Waals surface area contributed by atoms with Crippen molar-refractivity contribution in [1.29, 1.82) is 0 Å². The van der Waals surface area contributed by atoms with Crippen molar-refractivity contribution in [3.8, 4) is 0 Å². The summed E-state index contributed by atoms with van der Waals surface area (Å²) >= 11 is 0. The van der Waals surface area contributed by atoms with Crippen molar-refractivity contribution in [1.82, 2.24) is 15.5 Å². The van der Waals surface area contributed by atoms with Crippen LogP contribution in [0, 0.1) is 0 Å². The zero-order valence-corrected chi connectivity index (χ0v) is 11.8. The average Bonchev–Trinajstić information content (AvgIpc) is 2.42. The number of imide groups is 1. The van der Waals surface area contributed by atoms with Gasteiger partial charge in [0.1, 0.15) is 0 Å². The molecule has 1 aromatic rings. The molecule has 0 aromatic heterocycles. The normalized spacial score (nSPS) is 19.6. The van der Waals surface area contributed by atoms with Crippen molar-refractivity contribution in [3.63, 3.8) is 0 Å². The summed E-state index contributed by atoms with van der Waals surface area (Å²) in [5, 5.41) is 5.73. The molecule has 5 nitrogen and oxygen atoms in total. The van der Waals surface area contributed by atoms with Crippen LogP contribution in [0.5, 0.6) is 0 Å². The second kappa shape index (κ2) is 7.17. The predicted molar refractivity (Wildman–Crippen MR) is 77.2 cm³/mol. The van der Waals surface area contributed by atoms with Crippen LogP contribution >= 0.6 is 0 Å². The Morgan fingerprint density at radius 2 is 2.05 bits per heavy atom. The number of carbonyl (C=O) groups excluding carboxylic acids is 2. The molecule has 5 heteroatoms. The van der Waals surface area contributed by atoms with Crippen molar-refractivity contribution in [2.24, 2.45) is 0 Å². The number of nitrogens with one attached hydrogen (secondary N) is 2. The summed E-state index contributed by atoms with van der Waals surface area (Å²) in [6.45, 7) is 4.96. The maximum atomic E-state index is 11.9. The SMILES string of the molecule is C[C@@H]1CNCCN1CC(=O)NC(=O)Cc1ccccc1. The Labute approximate surface area is 119 Å². The van der Waals surface area contributed by atoms with Gasteiger partial charge in [0.05, 0.1) is 13.0 Å². The van der Waals surface area contributed by atoms with E-state index in [9.17, 15) is 9.59 Å². The van der Waals surface area contributed by atoms with Gasteiger partial charge < -0.3 is 5.32 Å². The number of amides is 2. The Hall–Kier alpha value is -1.72. The van der Waals surface area contributed by atoms with Gasteiger partial charge in [0.2, 0.25) is 11.8 Å². The van der Waals surface area contributed by atoms with E-state index < -0.39 is 0 Å². The molecule has 0 radical (unpaired) electrons. The largest absolute Gasteiger partial charge is 0.314 e. The number of nitrogens with zero attached hydrogens (tertiary/aromatic N) is 1. The van der Waals surface area contributed by atoms with E-state index in [0.29, 0.717) is 6.04 Å². The highest BCUT2D eigenvalue weighted by Gasteiger charge is 2.20. The van der Waals surface area contributed by atoms with Gasteiger partial charge >= 0.3 is 0 Å². The van der Waals surface area contributed by atoms with E-state index in [2.05, 4.69) is 22.5 Å². The minimum atomic E-state index is -0.246. The molecule has 0 spiro atoms. The molecule has 2 N–H and O–H groups in total. The van der Waals surface area contributed by atoms with Gasteiger partial charge in [0.25, 0.3) is 0 Å². The second-order valence-electron chi connectivity index (χ2n) is 5.16. The first-order chi connectivity index (χ1) is 9.65. The van der Waals surface area contributed by atoms with E-state index in [-0.39, 0.29) is 24.8 Å². The fourth-order valence-corrected chi connectivity index (χ4v) is 2.32. The zero-order chi connectivity index (χ0) is 14.4. The van der Waals surface area contributed by atoms with Crippen LogP contribution in [0.1, 0.15) is 12.5 Å². The minimum Gasteiger partial charge on any atom is -0.314 e. The first-order valence-electron chi connectivity index (χ1n) is 6.96. The summed E-state index contributed by atoms with van der Waals surface area (Å²) in [4.78, 5) is 25.7.